The molecule has 0 aliphatic rings. The zero-order valence-electron chi connectivity index (χ0n) is 17.1. The summed E-state index contributed by atoms with van der Waals surface area (Å²) in [5.41, 5.74) is 1.31. The van der Waals surface area contributed by atoms with Crippen LogP contribution in [0.4, 0.5) is 13.2 Å². The average Bonchev–Trinajstić information content (AvgIpc) is 3.11. The van der Waals surface area contributed by atoms with E-state index in [9.17, 15) is 18.0 Å². The smallest absolute Gasteiger partial charge is 0.416 e. The number of ether oxygens (including phenoxy) is 2. The molecule has 0 unspecified atom stereocenters. The molecule has 0 fully saturated rings. The molecule has 0 aliphatic carbocycles. The third-order valence-electron chi connectivity index (χ3n) is 4.44. The van der Waals surface area contributed by atoms with Crippen molar-refractivity contribution in [1.82, 2.24) is 4.98 Å². The molecule has 0 saturated heterocycles. The maximum atomic E-state index is 12.7. The Hall–Kier alpha value is -2.94. The Morgan fingerprint density at radius 1 is 1.13 bits per heavy atom. The van der Waals surface area contributed by atoms with Crippen LogP contribution < -0.4 is 4.74 Å². The first-order valence-corrected chi connectivity index (χ1v) is 10.2. The van der Waals surface area contributed by atoms with E-state index in [2.05, 4.69) is 9.72 Å². The van der Waals surface area contributed by atoms with Gasteiger partial charge in [0.05, 0.1) is 24.1 Å². The molecule has 5 nitrogen and oxygen atoms in total. The lowest BCUT2D eigenvalue weighted by atomic mass is 10.1. The largest absolute Gasteiger partial charge is 0.482 e. The second kappa shape index (κ2) is 9.47. The lowest BCUT2D eigenvalue weighted by molar-refractivity contribution is -0.143. The Morgan fingerprint density at radius 3 is 2.45 bits per heavy atom. The normalized spacial score (nSPS) is 11.4. The van der Waals surface area contributed by atoms with Crippen molar-refractivity contribution in [2.75, 3.05) is 13.7 Å². The van der Waals surface area contributed by atoms with Crippen molar-refractivity contribution >= 4 is 17.7 Å². The summed E-state index contributed by atoms with van der Waals surface area (Å²) in [6, 6.07) is 10.3. The average molecular weight is 451 g/mol. The van der Waals surface area contributed by atoms with Gasteiger partial charge in [-0.1, -0.05) is 0 Å². The molecule has 31 heavy (non-hydrogen) atoms. The molecule has 3 rings (SSSR count). The number of methoxy groups -OCH3 is 1. The molecular formula is C22H20F3NO4S. The molecule has 0 atom stereocenters. The summed E-state index contributed by atoms with van der Waals surface area (Å²) in [5.74, 6) is 1.56. The fourth-order valence-electron chi connectivity index (χ4n) is 2.71. The molecule has 1 heterocycles. The van der Waals surface area contributed by atoms with E-state index in [-0.39, 0.29) is 12.5 Å². The third-order valence-corrected chi connectivity index (χ3v) is 5.44. The SMILES string of the molecule is COC(=O)COc1ccc(SCc2oc(-c3ccc(C(F)(F)F)cc3)nc2C)cc1C. The van der Waals surface area contributed by atoms with E-state index in [1.807, 2.05) is 19.1 Å². The molecule has 0 amide bonds. The fourth-order valence-corrected chi connectivity index (χ4v) is 3.70. The molecule has 164 valence electrons. The number of aromatic nitrogens is 1. The minimum Gasteiger partial charge on any atom is -0.482 e. The fraction of sp³-hybridized carbons (Fsp3) is 0.273. The topological polar surface area (TPSA) is 61.6 Å². The van der Waals surface area contributed by atoms with E-state index >= 15 is 0 Å². The molecule has 3 aromatic rings. The molecule has 0 spiro atoms. The highest BCUT2D eigenvalue weighted by atomic mass is 32.2. The number of alkyl halides is 3. The number of hydrogen-bond donors (Lipinski definition) is 0. The van der Waals surface area contributed by atoms with Gasteiger partial charge in [0.2, 0.25) is 5.89 Å². The van der Waals surface area contributed by atoms with Crippen LogP contribution in [-0.2, 0) is 21.5 Å². The molecule has 1 aromatic heterocycles. The molecule has 0 N–H and O–H groups in total. The van der Waals surface area contributed by atoms with Gasteiger partial charge in [-0.15, -0.1) is 11.8 Å². The second-order valence-electron chi connectivity index (χ2n) is 6.68. The van der Waals surface area contributed by atoms with E-state index in [0.717, 1.165) is 22.6 Å². The van der Waals surface area contributed by atoms with Crippen molar-refractivity contribution in [3.05, 3.63) is 65.0 Å². The monoisotopic (exact) mass is 451 g/mol. The van der Waals surface area contributed by atoms with Crippen molar-refractivity contribution in [2.45, 2.75) is 30.7 Å². The second-order valence-corrected chi connectivity index (χ2v) is 7.73. The van der Waals surface area contributed by atoms with Crippen LogP contribution in [-0.4, -0.2) is 24.7 Å². The number of hydrogen-bond acceptors (Lipinski definition) is 6. The number of esters is 1. The first-order valence-electron chi connectivity index (χ1n) is 9.24. The number of halogens is 3. The molecule has 9 heteroatoms. The van der Waals surface area contributed by atoms with Crippen LogP contribution in [0, 0.1) is 13.8 Å². The summed E-state index contributed by atoms with van der Waals surface area (Å²) in [4.78, 5) is 16.5. The molecule has 0 radical (unpaired) electrons. The maximum Gasteiger partial charge on any atom is 0.416 e. The maximum absolute atomic E-state index is 12.7. The van der Waals surface area contributed by atoms with Crippen LogP contribution in [0.3, 0.4) is 0 Å². The Morgan fingerprint density at radius 2 is 1.84 bits per heavy atom. The zero-order valence-corrected chi connectivity index (χ0v) is 17.9. The molecule has 0 saturated carbocycles. The number of thioether (sulfide) groups is 1. The molecule has 0 aliphatic heterocycles. The van der Waals surface area contributed by atoms with Gasteiger partial charge in [-0.05, 0) is 61.9 Å². The van der Waals surface area contributed by atoms with Crippen molar-refractivity contribution < 1.29 is 31.9 Å². The van der Waals surface area contributed by atoms with Gasteiger partial charge >= 0.3 is 12.1 Å². The number of rotatable bonds is 7. The summed E-state index contributed by atoms with van der Waals surface area (Å²) in [6.07, 6.45) is -4.38. The van der Waals surface area contributed by atoms with Gasteiger partial charge in [0.15, 0.2) is 6.61 Å². The molecule has 2 aromatic carbocycles. The van der Waals surface area contributed by atoms with Gasteiger partial charge in [-0.2, -0.15) is 13.2 Å². The van der Waals surface area contributed by atoms with E-state index in [4.69, 9.17) is 9.15 Å². The van der Waals surface area contributed by atoms with Gasteiger partial charge in [-0.3, -0.25) is 0 Å². The van der Waals surface area contributed by atoms with Crippen LogP contribution in [0.2, 0.25) is 0 Å². The van der Waals surface area contributed by atoms with Gasteiger partial charge in [0.1, 0.15) is 11.5 Å². The highest BCUT2D eigenvalue weighted by Crippen LogP contribution is 2.33. The predicted octanol–water partition coefficient (Wildman–Crippen LogP) is 5.82. The highest BCUT2D eigenvalue weighted by molar-refractivity contribution is 7.98. The standard InChI is InChI=1S/C22H20F3NO4S/c1-13-10-17(8-9-18(13)29-11-20(27)28-3)31-12-19-14(2)26-21(30-19)15-4-6-16(7-5-15)22(23,24)25/h4-10H,11-12H2,1-3H3. The third kappa shape index (κ3) is 5.81. The van der Waals surface area contributed by atoms with Gasteiger partial charge in [-0.25, -0.2) is 9.78 Å². The van der Waals surface area contributed by atoms with E-state index < -0.39 is 17.7 Å². The van der Waals surface area contributed by atoms with Gasteiger partial charge in [0, 0.05) is 10.5 Å². The lowest BCUT2D eigenvalue weighted by Gasteiger charge is -2.09. The Kier molecular flexibility index (Phi) is 6.94. The Balaban J connectivity index is 1.66. The summed E-state index contributed by atoms with van der Waals surface area (Å²) >= 11 is 1.52. The van der Waals surface area contributed by atoms with E-state index in [1.54, 1.807) is 13.0 Å². The number of oxazole rings is 1. The van der Waals surface area contributed by atoms with Crippen LogP contribution in [0.5, 0.6) is 5.75 Å². The van der Waals surface area contributed by atoms with Crippen molar-refractivity contribution in [1.29, 1.82) is 0 Å². The number of nitrogens with zero attached hydrogens (tertiary/aromatic N) is 1. The predicted molar refractivity (Wildman–Crippen MR) is 110 cm³/mol. The summed E-state index contributed by atoms with van der Waals surface area (Å²) in [6.45, 7) is 3.51. The van der Waals surface area contributed by atoms with Crippen molar-refractivity contribution in [3.63, 3.8) is 0 Å². The quantitative estimate of drug-likeness (QED) is 0.333. The molecular weight excluding hydrogens is 431 g/mol. The molecule has 0 bridgehead atoms. The van der Waals surface area contributed by atoms with Crippen molar-refractivity contribution in [2.24, 2.45) is 0 Å². The Bertz CT molecular complexity index is 1060. The zero-order chi connectivity index (χ0) is 22.6. The Labute approximate surface area is 181 Å². The minimum absolute atomic E-state index is 0.159. The van der Waals surface area contributed by atoms with Crippen LogP contribution in [0.25, 0.3) is 11.5 Å². The van der Waals surface area contributed by atoms with Crippen LogP contribution >= 0.6 is 11.8 Å². The number of carbonyl (C=O) groups is 1. The first kappa shape index (κ1) is 22.7. The lowest BCUT2D eigenvalue weighted by Crippen LogP contribution is -2.12. The summed E-state index contributed by atoms with van der Waals surface area (Å²) < 4.78 is 54.0. The van der Waals surface area contributed by atoms with Gasteiger partial charge < -0.3 is 13.9 Å². The highest BCUT2D eigenvalue weighted by Gasteiger charge is 2.30. The van der Waals surface area contributed by atoms with Crippen LogP contribution in [0.1, 0.15) is 22.6 Å². The van der Waals surface area contributed by atoms with Gasteiger partial charge in [0.25, 0.3) is 0 Å². The summed E-state index contributed by atoms with van der Waals surface area (Å²) in [5, 5.41) is 0. The number of aryl methyl sites for hydroxylation is 2. The van der Waals surface area contributed by atoms with E-state index in [0.29, 0.717) is 28.5 Å². The number of benzene rings is 2. The summed E-state index contributed by atoms with van der Waals surface area (Å²) in [7, 11) is 1.30. The van der Waals surface area contributed by atoms with Crippen molar-refractivity contribution in [3.8, 4) is 17.2 Å². The minimum atomic E-state index is -4.38. The van der Waals surface area contributed by atoms with E-state index in [1.165, 1.54) is 31.0 Å². The first-order chi connectivity index (χ1) is 14.7. The number of carbonyl (C=O) groups excluding carboxylic acids is 1. The van der Waals surface area contributed by atoms with Crippen LogP contribution in [0.15, 0.2) is 51.8 Å².